The molecule has 2 aromatic rings. The number of nitrogens with one attached hydrogen (secondary N) is 2. The number of rotatable bonds is 5. The first-order valence-corrected chi connectivity index (χ1v) is 8.71. The summed E-state index contributed by atoms with van der Waals surface area (Å²) in [7, 11) is 0. The second-order valence-electron chi connectivity index (χ2n) is 6.57. The topological polar surface area (TPSA) is 83.9 Å². The predicted octanol–water partition coefficient (Wildman–Crippen LogP) is 3.26. The lowest BCUT2D eigenvalue weighted by molar-refractivity contribution is 0.0956. The maximum Gasteiger partial charge on any atom is 0.253 e. The number of carbonyl (C=O) groups is 1. The van der Waals surface area contributed by atoms with Crippen LogP contribution in [0.1, 0.15) is 28.2 Å². The number of allylic oxidation sites excluding steroid dienone is 1. The van der Waals surface area contributed by atoms with Gasteiger partial charge < -0.3 is 15.6 Å². The summed E-state index contributed by atoms with van der Waals surface area (Å²) < 4.78 is 2.09. The van der Waals surface area contributed by atoms with Crippen LogP contribution >= 0.6 is 0 Å². The first-order chi connectivity index (χ1) is 12.5. The van der Waals surface area contributed by atoms with Crippen LogP contribution in [0.5, 0.6) is 0 Å². The van der Waals surface area contributed by atoms with Gasteiger partial charge in [0.25, 0.3) is 5.91 Å². The average Bonchev–Trinajstić information content (AvgIpc) is 2.95. The monoisotopic (exact) mass is 348 g/mol. The Morgan fingerprint density at radius 2 is 2.04 bits per heavy atom. The molecule has 5 heteroatoms. The van der Waals surface area contributed by atoms with E-state index in [1.807, 2.05) is 68.5 Å². The standard InChI is InChI=1S/C21H24N4O/c1-14-12-19(15(2)25(14)18-6-4-3-5-7-18)21(26)24-13-16-8-10-17(11-9-16)20(22)23/h3-10,12,17H,11,13H2,1-2H3,(H3,22,23)(H,24,26). The van der Waals surface area contributed by atoms with Crippen molar-refractivity contribution >= 4 is 11.7 Å². The Morgan fingerprint density at radius 1 is 1.31 bits per heavy atom. The van der Waals surface area contributed by atoms with Gasteiger partial charge in [0.1, 0.15) is 0 Å². The molecule has 0 bridgehead atoms. The highest BCUT2D eigenvalue weighted by molar-refractivity contribution is 5.96. The van der Waals surface area contributed by atoms with E-state index in [-0.39, 0.29) is 17.7 Å². The molecular formula is C21H24N4O. The number of benzene rings is 1. The Labute approximate surface area is 153 Å². The summed E-state index contributed by atoms with van der Waals surface area (Å²) in [4.78, 5) is 12.6. The Balaban J connectivity index is 1.70. The van der Waals surface area contributed by atoms with Crippen LogP contribution in [0.2, 0.25) is 0 Å². The van der Waals surface area contributed by atoms with Gasteiger partial charge in [-0.1, -0.05) is 36.4 Å². The number of aryl methyl sites for hydroxylation is 1. The number of nitrogens with zero attached hydrogens (tertiary/aromatic N) is 1. The first kappa shape index (κ1) is 17.7. The van der Waals surface area contributed by atoms with Crippen LogP contribution < -0.4 is 11.1 Å². The van der Waals surface area contributed by atoms with E-state index in [2.05, 4.69) is 9.88 Å². The summed E-state index contributed by atoms with van der Waals surface area (Å²) in [5.74, 6) is 0.0662. The minimum atomic E-state index is -0.0803. The molecule has 1 atom stereocenters. The van der Waals surface area contributed by atoms with Crippen LogP contribution in [-0.4, -0.2) is 22.9 Å². The molecule has 0 aliphatic heterocycles. The number of amidine groups is 1. The van der Waals surface area contributed by atoms with Crippen molar-refractivity contribution in [1.82, 2.24) is 9.88 Å². The van der Waals surface area contributed by atoms with Crippen molar-refractivity contribution in [1.29, 1.82) is 5.41 Å². The number of amides is 1. The number of hydrogen-bond acceptors (Lipinski definition) is 2. The van der Waals surface area contributed by atoms with E-state index in [0.717, 1.165) is 22.6 Å². The van der Waals surface area contributed by atoms with E-state index in [0.29, 0.717) is 18.5 Å². The fourth-order valence-electron chi connectivity index (χ4n) is 3.27. The number of para-hydroxylation sites is 1. The Kier molecular flexibility index (Phi) is 5.07. The number of aromatic nitrogens is 1. The molecule has 1 unspecified atom stereocenters. The molecule has 5 nitrogen and oxygen atoms in total. The molecular weight excluding hydrogens is 324 g/mol. The van der Waals surface area contributed by atoms with Gasteiger partial charge in [-0.15, -0.1) is 0 Å². The molecule has 0 spiro atoms. The Bertz CT molecular complexity index is 890. The van der Waals surface area contributed by atoms with Crippen molar-refractivity contribution in [3.8, 4) is 5.69 Å². The van der Waals surface area contributed by atoms with Crippen LogP contribution in [-0.2, 0) is 0 Å². The molecule has 0 radical (unpaired) electrons. The molecule has 1 amide bonds. The zero-order valence-corrected chi connectivity index (χ0v) is 15.1. The molecule has 4 N–H and O–H groups in total. The van der Waals surface area contributed by atoms with Crippen molar-refractivity contribution in [3.05, 3.63) is 77.2 Å². The third-order valence-corrected chi connectivity index (χ3v) is 4.72. The summed E-state index contributed by atoms with van der Waals surface area (Å²) in [6.45, 7) is 4.44. The first-order valence-electron chi connectivity index (χ1n) is 8.71. The van der Waals surface area contributed by atoms with Crippen molar-refractivity contribution in [2.45, 2.75) is 20.3 Å². The number of nitrogens with two attached hydrogens (primary N) is 1. The lowest BCUT2D eigenvalue weighted by Crippen LogP contribution is -2.27. The van der Waals surface area contributed by atoms with Gasteiger partial charge >= 0.3 is 0 Å². The Hall–Kier alpha value is -3.08. The average molecular weight is 348 g/mol. The maximum atomic E-state index is 12.6. The molecule has 1 heterocycles. The summed E-state index contributed by atoms with van der Waals surface area (Å²) in [5.41, 5.74) is 10.3. The number of carbonyl (C=O) groups excluding carboxylic acids is 1. The predicted molar refractivity (Wildman–Crippen MR) is 105 cm³/mol. The molecule has 0 saturated carbocycles. The van der Waals surface area contributed by atoms with E-state index >= 15 is 0 Å². The molecule has 0 fully saturated rings. The second-order valence-corrected chi connectivity index (χ2v) is 6.57. The van der Waals surface area contributed by atoms with Crippen LogP contribution in [0.3, 0.4) is 0 Å². The zero-order chi connectivity index (χ0) is 18.7. The normalized spacial score (nSPS) is 16.2. The quantitative estimate of drug-likeness (QED) is 0.572. The highest BCUT2D eigenvalue weighted by Gasteiger charge is 2.17. The molecule has 1 aliphatic rings. The second kappa shape index (κ2) is 7.44. The van der Waals surface area contributed by atoms with Crippen molar-refractivity contribution < 1.29 is 4.79 Å². The van der Waals surface area contributed by atoms with E-state index in [4.69, 9.17) is 11.1 Å². The number of hydrogen-bond donors (Lipinski definition) is 3. The fraction of sp³-hybridized carbons (Fsp3) is 0.238. The molecule has 134 valence electrons. The minimum absolute atomic E-state index is 0.0285. The highest BCUT2D eigenvalue weighted by Crippen LogP contribution is 2.21. The minimum Gasteiger partial charge on any atom is -0.387 e. The van der Waals surface area contributed by atoms with Gasteiger partial charge in [0.2, 0.25) is 0 Å². The molecule has 26 heavy (non-hydrogen) atoms. The van der Waals surface area contributed by atoms with Gasteiger partial charge in [-0.25, -0.2) is 0 Å². The van der Waals surface area contributed by atoms with Crippen LogP contribution in [0.25, 0.3) is 5.69 Å². The van der Waals surface area contributed by atoms with Crippen molar-refractivity contribution in [2.75, 3.05) is 6.54 Å². The third kappa shape index (κ3) is 3.61. The van der Waals surface area contributed by atoms with Crippen molar-refractivity contribution in [2.24, 2.45) is 11.7 Å². The van der Waals surface area contributed by atoms with Gasteiger partial charge in [0.15, 0.2) is 0 Å². The van der Waals surface area contributed by atoms with E-state index in [1.165, 1.54) is 0 Å². The van der Waals surface area contributed by atoms with Crippen LogP contribution in [0.4, 0.5) is 0 Å². The summed E-state index contributed by atoms with van der Waals surface area (Å²) >= 11 is 0. The van der Waals surface area contributed by atoms with Gasteiger partial charge in [0, 0.05) is 29.5 Å². The summed E-state index contributed by atoms with van der Waals surface area (Å²) in [6.07, 6.45) is 6.59. The van der Waals surface area contributed by atoms with E-state index < -0.39 is 0 Å². The lowest BCUT2D eigenvalue weighted by Gasteiger charge is -2.15. The van der Waals surface area contributed by atoms with Gasteiger partial charge in [-0.3, -0.25) is 10.2 Å². The fourth-order valence-corrected chi connectivity index (χ4v) is 3.27. The molecule has 3 rings (SSSR count). The summed E-state index contributed by atoms with van der Waals surface area (Å²) in [5, 5.41) is 10.5. The SMILES string of the molecule is Cc1cc(C(=O)NCC2=CCC(C(=N)N)C=C2)c(C)n1-c1ccccc1. The molecule has 1 aliphatic carbocycles. The highest BCUT2D eigenvalue weighted by atomic mass is 16.1. The van der Waals surface area contributed by atoms with E-state index in [1.54, 1.807) is 0 Å². The molecule has 0 saturated heterocycles. The van der Waals surface area contributed by atoms with E-state index in [9.17, 15) is 4.79 Å². The van der Waals surface area contributed by atoms with Crippen LogP contribution in [0, 0.1) is 25.2 Å². The zero-order valence-electron chi connectivity index (χ0n) is 15.1. The van der Waals surface area contributed by atoms with Crippen molar-refractivity contribution in [3.63, 3.8) is 0 Å². The largest absolute Gasteiger partial charge is 0.387 e. The smallest absolute Gasteiger partial charge is 0.253 e. The molecule has 1 aromatic heterocycles. The third-order valence-electron chi connectivity index (χ3n) is 4.72. The van der Waals surface area contributed by atoms with Gasteiger partial charge in [0.05, 0.1) is 11.4 Å². The maximum absolute atomic E-state index is 12.6. The lowest BCUT2D eigenvalue weighted by atomic mass is 9.96. The molecule has 1 aromatic carbocycles. The van der Waals surface area contributed by atoms with Gasteiger partial charge in [-0.2, -0.15) is 0 Å². The van der Waals surface area contributed by atoms with Gasteiger partial charge in [-0.05, 0) is 44.0 Å². The van der Waals surface area contributed by atoms with Crippen LogP contribution in [0.15, 0.2) is 60.2 Å². The summed E-state index contributed by atoms with van der Waals surface area (Å²) in [6, 6.07) is 12.0. The Morgan fingerprint density at radius 3 is 2.65 bits per heavy atom.